The molecule has 0 amide bonds. The second-order valence-corrected chi connectivity index (χ2v) is 5.76. The van der Waals surface area contributed by atoms with Gasteiger partial charge in [-0.2, -0.15) is 13.2 Å². The van der Waals surface area contributed by atoms with Crippen LogP contribution in [0.1, 0.15) is 34.9 Å². The first-order valence-corrected chi connectivity index (χ1v) is 7.33. The summed E-state index contributed by atoms with van der Waals surface area (Å²) in [7, 11) is 0. The average molecular weight is 318 g/mol. The summed E-state index contributed by atoms with van der Waals surface area (Å²) >= 11 is 1.61. The minimum atomic E-state index is -4.72. The zero-order valence-corrected chi connectivity index (χ0v) is 11.8. The first-order valence-electron chi connectivity index (χ1n) is 6.45. The van der Waals surface area contributed by atoms with Gasteiger partial charge in [0.15, 0.2) is 0 Å². The Kier molecular flexibility index (Phi) is 5.00. The third kappa shape index (κ3) is 4.28. The van der Waals surface area contributed by atoms with Gasteiger partial charge in [-0.25, -0.2) is 4.39 Å². The number of hydrogen-bond donors (Lipinski definition) is 1. The van der Waals surface area contributed by atoms with Crippen molar-refractivity contribution in [1.29, 1.82) is 0 Å². The lowest BCUT2D eigenvalue weighted by Gasteiger charge is -2.13. The molecule has 0 spiro atoms. The van der Waals surface area contributed by atoms with Gasteiger partial charge < -0.3 is 5.11 Å². The Labute approximate surface area is 123 Å². The van der Waals surface area contributed by atoms with E-state index in [4.69, 9.17) is 0 Å². The van der Waals surface area contributed by atoms with Crippen LogP contribution in [0, 0.1) is 5.82 Å². The first kappa shape index (κ1) is 16.0. The molecule has 1 nitrogen and oxygen atoms in total. The molecule has 0 aliphatic rings. The summed E-state index contributed by atoms with van der Waals surface area (Å²) in [6.45, 7) is 0. The summed E-state index contributed by atoms with van der Waals surface area (Å²) in [5, 5.41) is 11.9. The zero-order chi connectivity index (χ0) is 15.5. The van der Waals surface area contributed by atoms with E-state index in [-0.39, 0.29) is 5.56 Å². The molecule has 2 aromatic rings. The smallest absolute Gasteiger partial charge is 0.388 e. The minimum Gasteiger partial charge on any atom is -0.388 e. The Hall–Kier alpha value is -1.40. The maximum Gasteiger partial charge on any atom is 0.419 e. The molecule has 1 unspecified atom stereocenters. The molecule has 0 radical (unpaired) electrons. The van der Waals surface area contributed by atoms with E-state index in [1.165, 1.54) is 4.88 Å². The molecular weight excluding hydrogens is 304 g/mol. The lowest BCUT2D eigenvalue weighted by Crippen LogP contribution is -2.09. The molecule has 1 aromatic heterocycles. The van der Waals surface area contributed by atoms with Crippen molar-refractivity contribution in [1.82, 2.24) is 0 Å². The Morgan fingerprint density at radius 2 is 1.95 bits per heavy atom. The molecule has 2 rings (SSSR count). The van der Waals surface area contributed by atoms with Gasteiger partial charge in [0.1, 0.15) is 5.82 Å². The predicted molar refractivity (Wildman–Crippen MR) is 73.6 cm³/mol. The predicted octanol–water partition coefficient (Wildman–Crippen LogP) is 4.96. The maximum absolute atomic E-state index is 13.4. The number of aryl methyl sites for hydroxylation is 1. The van der Waals surface area contributed by atoms with Gasteiger partial charge in [0.05, 0.1) is 11.7 Å². The van der Waals surface area contributed by atoms with E-state index >= 15 is 0 Å². The van der Waals surface area contributed by atoms with Crippen molar-refractivity contribution in [2.45, 2.75) is 31.5 Å². The Morgan fingerprint density at radius 3 is 2.52 bits per heavy atom. The second-order valence-electron chi connectivity index (χ2n) is 4.72. The Balaban J connectivity index is 1.96. The summed E-state index contributed by atoms with van der Waals surface area (Å²) in [4.78, 5) is 1.18. The van der Waals surface area contributed by atoms with Crippen molar-refractivity contribution in [2.24, 2.45) is 0 Å². The van der Waals surface area contributed by atoms with Crippen molar-refractivity contribution in [3.8, 4) is 0 Å². The van der Waals surface area contributed by atoms with E-state index in [0.29, 0.717) is 18.9 Å². The number of aliphatic hydroxyl groups excluding tert-OH is 1. The quantitative estimate of drug-likeness (QED) is 0.772. The SMILES string of the molecule is OC(CCCc1cccs1)c1ccc(C(F)(F)F)c(F)c1. The monoisotopic (exact) mass is 318 g/mol. The second kappa shape index (κ2) is 6.58. The highest BCUT2D eigenvalue weighted by Crippen LogP contribution is 2.33. The summed E-state index contributed by atoms with van der Waals surface area (Å²) in [5.74, 6) is -1.35. The molecule has 0 aliphatic carbocycles. The van der Waals surface area contributed by atoms with Gasteiger partial charge in [0, 0.05) is 4.88 Å². The molecule has 0 saturated carbocycles. The topological polar surface area (TPSA) is 20.2 Å². The average Bonchev–Trinajstić information content (AvgIpc) is 2.90. The lowest BCUT2D eigenvalue weighted by molar-refractivity contribution is -0.140. The van der Waals surface area contributed by atoms with Crippen LogP contribution < -0.4 is 0 Å². The molecule has 114 valence electrons. The molecule has 6 heteroatoms. The van der Waals surface area contributed by atoms with Crippen molar-refractivity contribution in [3.63, 3.8) is 0 Å². The van der Waals surface area contributed by atoms with Crippen molar-refractivity contribution in [3.05, 3.63) is 57.5 Å². The highest BCUT2D eigenvalue weighted by atomic mass is 32.1. The number of rotatable bonds is 5. The van der Waals surface area contributed by atoms with Crippen LogP contribution in [0.4, 0.5) is 17.6 Å². The standard InChI is InChI=1S/C15H14F4OS/c16-13-9-10(6-7-12(13)15(17,18)19)14(20)5-1-3-11-4-2-8-21-11/h2,4,6-9,14,20H,1,3,5H2. The largest absolute Gasteiger partial charge is 0.419 e. The zero-order valence-electron chi connectivity index (χ0n) is 11.0. The van der Waals surface area contributed by atoms with Gasteiger partial charge in [0.25, 0.3) is 0 Å². The molecule has 1 heterocycles. The molecule has 0 bridgehead atoms. The summed E-state index contributed by atoms with van der Waals surface area (Å²) in [6, 6.07) is 6.48. The van der Waals surface area contributed by atoms with Gasteiger partial charge in [-0.1, -0.05) is 12.1 Å². The molecule has 1 atom stereocenters. The van der Waals surface area contributed by atoms with Crippen LogP contribution in [-0.4, -0.2) is 5.11 Å². The van der Waals surface area contributed by atoms with E-state index in [0.717, 1.165) is 18.6 Å². The Morgan fingerprint density at radius 1 is 1.19 bits per heavy atom. The molecule has 1 aromatic carbocycles. The summed E-state index contributed by atoms with van der Waals surface area (Å²) in [5.41, 5.74) is -1.14. The number of hydrogen-bond acceptors (Lipinski definition) is 2. The normalized spacial score (nSPS) is 13.4. The maximum atomic E-state index is 13.4. The fourth-order valence-electron chi connectivity index (χ4n) is 2.06. The molecule has 0 aliphatic heterocycles. The molecular formula is C15H14F4OS. The highest BCUT2D eigenvalue weighted by molar-refractivity contribution is 7.09. The van der Waals surface area contributed by atoms with E-state index in [1.807, 2.05) is 17.5 Å². The van der Waals surface area contributed by atoms with Gasteiger partial charge in [0.2, 0.25) is 0 Å². The summed E-state index contributed by atoms with van der Waals surface area (Å²) in [6.07, 6.45) is -3.82. The molecule has 21 heavy (non-hydrogen) atoms. The van der Waals surface area contributed by atoms with Gasteiger partial charge >= 0.3 is 6.18 Å². The molecule has 0 fully saturated rings. The van der Waals surface area contributed by atoms with Crippen LogP contribution in [0.3, 0.4) is 0 Å². The third-order valence-electron chi connectivity index (χ3n) is 3.16. The van der Waals surface area contributed by atoms with E-state index in [9.17, 15) is 22.7 Å². The fourth-order valence-corrected chi connectivity index (χ4v) is 2.81. The van der Waals surface area contributed by atoms with Crippen LogP contribution in [0.15, 0.2) is 35.7 Å². The van der Waals surface area contributed by atoms with Crippen LogP contribution in [0.2, 0.25) is 0 Å². The first-order chi connectivity index (χ1) is 9.88. The van der Waals surface area contributed by atoms with Crippen LogP contribution >= 0.6 is 11.3 Å². The van der Waals surface area contributed by atoms with E-state index in [1.54, 1.807) is 11.3 Å². The van der Waals surface area contributed by atoms with E-state index in [2.05, 4.69) is 0 Å². The van der Waals surface area contributed by atoms with E-state index < -0.39 is 23.7 Å². The van der Waals surface area contributed by atoms with Crippen LogP contribution in [0.25, 0.3) is 0 Å². The minimum absolute atomic E-state index is 0.173. The van der Waals surface area contributed by atoms with Gasteiger partial charge in [-0.3, -0.25) is 0 Å². The molecule has 0 saturated heterocycles. The highest BCUT2D eigenvalue weighted by Gasteiger charge is 2.34. The fraction of sp³-hybridized carbons (Fsp3) is 0.333. The number of thiophene rings is 1. The third-order valence-corrected chi connectivity index (χ3v) is 4.10. The Bertz CT molecular complexity index is 578. The number of benzene rings is 1. The number of halogens is 4. The van der Waals surface area contributed by atoms with Crippen molar-refractivity contribution < 1.29 is 22.7 Å². The van der Waals surface area contributed by atoms with Gasteiger partial charge in [-0.15, -0.1) is 11.3 Å². The van der Waals surface area contributed by atoms with Crippen LogP contribution in [0.5, 0.6) is 0 Å². The number of alkyl halides is 3. The van der Waals surface area contributed by atoms with Crippen molar-refractivity contribution in [2.75, 3.05) is 0 Å². The summed E-state index contributed by atoms with van der Waals surface area (Å²) < 4.78 is 50.7. The van der Waals surface area contributed by atoms with Crippen molar-refractivity contribution >= 4 is 11.3 Å². The van der Waals surface area contributed by atoms with Crippen LogP contribution in [-0.2, 0) is 12.6 Å². The molecule has 1 N–H and O–H groups in total. The van der Waals surface area contributed by atoms with Gasteiger partial charge in [-0.05, 0) is 48.4 Å². The number of aliphatic hydroxyl groups is 1. The lowest BCUT2D eigenvalue weighted by atomic mass is 10.0.